The van der Waals surface area contributed by atoms with Gasteiger partial charge in [0.25, 0.3) is 0 Å². The van der Waals surface area contributed by atoms with Crippen LogP contribution in [0.25, 0.3) is 22.6 Å². The van der Waals surface area contributed by atoms with E-state index < -0.39 is 0 Å². The second-order valence-electron chi connectivity index (χ2n) is 5.03. The molecular formula is C16H13Cl2NO. The molecule has 0 aliphatic heterocycles. The van der Waals surface area contributed by atoms with Crippen LogP contribution in [0.3, 0.4) is 0 Å². The van der Waals surface area contributed by atoms with Gasteiger partial charge in [0.1, 0.15) is 5.52 Å². The van der Waals surface area contributed by atoms with Crippen molar-refractivity contribution < 1.29 is 4.42 Å². The molecule has 0 aliphatic carbocycles. The lowest BCUT2D eigenvalue weighted by Gasteiger charge is -2.02. The Morgan fingerprint density at radius 1 is 1.05 bits per heavy atom. The van der Waals surface area contributed by atoms with E-state index in [-0.39, 0.29) is 0 Å². The lowest BCUT2D eigenvalue weighted by molar-refractivity contribution is 0.620. The summed E-state index contributed by atoms with van der Waals surface area (Å²) in [5.74, 6) is 0.973. The minimum absolute atomic E-state index is 0.457. The monoisotopic (exact) mass is 305 g/mol. The third-order valence-corrected chi connectivity index (χ3v) is 3.79. The van der Waals surface area contributed by atoms with Gasteiger partial charge in [0.15, 0.2) is 5.58 Å². The minimum Gasteiger partial charge on any atom is -0.436 e. The zero-order valence-electron chi connectivity index (χ0n) is 11.2. The van der Waals surface area contributed by atoms with Gasteiger partial charge < -0.3 is 4.42 Å². The van der Waals surface area contributed by atoms with Crippen molar-refractivity contribution in [2.75, 3.05) is 0 Å². The van der Waals surface area contributed by atoms with Gasteiger partial charge in [-0.15, -0.1) is 0 Å². The van der Waals surface area contributed by atoms with Gasteiger partial charge in [0, 0.05) is 5.02 Å². The van der Waals surface area contributed by atoms with Crippen molar-refractivity contribution in [3.8, 4) is 11.5 Å². The number of halogens is 2. The van der Waals surface area contributed by atoms with Crippen LogP contribution in [-0.2, 0) is 0 Å². The highest BCUT2D eigenvalue weighted by Gasteiger charge is 2.12. The second-order valence-corrected chi connectivity index (χ2v) is 5.87. The Kier molecular flexibility index (Phi) is 3.45. The van der Waals surface area contributed by atoms with Gasteiger partial charge in [-0.05, 0) is 41.8 Å². The van der Waals surface area contributed by atoms with Crippen LogP contribution in [0.1, 0.15) is 25.3 Å². The normalized spacial score (nSPS) is 11.4. The lowest BCUT2D eigenvalue weighted by atomic mass is 10.0. The van der Waals surface area contributed by atoms with Crippen LogP contribution in [0, 0.1) is 0 Å². The predicted octanol–water partition coefficient (Wildman–Crippen LogP) is 5.93. The van der Waals surface area contributed by atoms with E-state index in [1.54, 1.807) is 12.1 Å². The standard InChI is InChI=1S/C16H13Cl2NO/c1-9(2)10-3-6-15-14(7-10)19-16(20-15)12-5-4-11(17)8-13(12)18/h3-9H,1-2H3. The van der Waals surface area contributed by atoms with Crippen molar-refractivity contribution in [3.05, 3.63) is 52.0 Å². The van der Waals surface area contributed by atoms with Gasteiger partial charge in [0.2, 0.25) is 5.89 Å². The van der Waals surface area contributed by atoms with Crippen LogP contribution in [0.2, 0.25) is 10.0 Å². The molecule has 0 atom stereocenters. The van der Waals surface area contributed by atoms with Gasteiger partial charge in [-0.3, -0.25) is 0 Å². The van der Waals surface area contributed by atoms with Gasteiger partial charge in [0.05, 0.1) is 10.6 Å². The second kappa shape index (κ2) is 5.12. The molecule has 2 aromatic carbocycles. The fraction of sp³-hybridized carbons (Fsp3) is 0.188. The molecule has 0 saturated carbocycles. The third kappa shape index (κ3) is 2.41. The molecule has 0 unspecified atom stereocenters. The van der Waals surface area contributed by atoms with Crippen LogP contribution in [0.4, 0.5) is 0 Å². The Bertz CT molecular complexity index is 777. The molecule has 1 aromatic heterocycles. The van der Waals surface area contributed by atoms with Crippen molar-refractivity contribution in [1.29, 1.82) is 0 Å². The van der Waals surface area contributed by atoms with E-state index in [0.717, 1.165) is 16.7 Å². The van der Waals surface area contributed by atoms with Crippen molar-refractivity contribution in [2.24, 2.45) is 0 Å². The number of benzene rings is 2. The molecule has 0 N–H and O–H groups in total. The molecule has 0 fully saturated rings. The fourth-order valence-corrected chi connectivity index (χ4v) is 2.57. The van der Waals surface area contributed by atoms with Crippen molar-refractivity contribution in [1.82, 2.24) is 4.98 Å². The Balaban J connectivity index is 2.13. The average Bonchev–Trinajstić information content (AvgIpc) is 2.80. The van der Waals surface area contributed by atoms with Crippen molar-refractivity contribution in [3.63, 3.8) is 0 Å². The molecule has 20 heavy (non-hydrogen) atoms. The van der Waals surface area contributed by atoms with Crippen LogP contribution in [0.5, 0.6) is 0 Å². The molecule has 0 amide bonds. The maximum Gasteiger partial charge on any atom is 0.228 e. The van der Waals surface area contributed by atoms with Crippen molar-refractivity contribution >= 4 is 34.3 Å². The van der Waals surface area contributed by atoms with Crippen LogP contribution in [-0.4, -0.2) is 4.98 Å². The van der Waals surface area contributed by atoms with E-state index in [2.05, 4.69) is 31.0 Å². The number of aromatic nitrogens is 1. The highest BCUT2D eigenvalue weighted by Crippen LogP contribution is 2.32. The highest BCUT2D eigenvalue weighted by atomic mass is 35.5. The van der Waals surface area contributed by atoms with Gasteiger partial charge in [-0.2, -0.15) is 0 Å². The number of nitrogens with zero attached hydrogens (tertiary/aromatic N) is 1. The first-order valence-corrected chi connectivity index (χ1v) is 7.16. The van der Waals surface area contributed by atoms with Gasteiger partial charge >= 0.3 is 0 Å². The first-order valence-electron chi connectivity index (χ1n) is 6.40. The SMILES string of the molecule is CC(C)c1ccc2oc(-c3ccc(Cl)cc3Cl)nc2c1. The summed E-state index contributed by atoms with van der Waals surface area (Å²) in [6.07, 6.45) is 0. The number of oxazole rings is 1. The number of rotatable bonds is 2. The molecule has 0 aliphatic rings. The summed E-state index contributed by atoms with van der Waals surface area (Å²) in [5.41, 5.74) is 3.59. The molecule has 3 aromatic rings. The minimum atomic E-state index is 0.457. The molecule has 0 spiro atoms. The maximum absolute atomic E-state index is 6.19. The summed E-state index contributed by atoms with van der Waals surface area (Å²) >= 11 is 12.1. The molecule has 0 bridgehead atoms. The van der Waals surface area contributed by atoms with E-state index in [1.807, 2.05) is 12.1 Å². The third-order valence-electron chi connectivity index (χ3n) is 3.24. The number of hydrogen-bond donors (Lipinski definition) is 0. The van der Waals surface area contributed by atoms with E-state index in [0.29, 0.717) is 21.9 Å². The molecule has 2 nitrogen and oxygen atoms in total. The maximum atomic E-state index is 6.19. The number of hydrogen-bond acceptors (Lipinski definition) is 2. The Morgan fingerprint density at radius 3 is 2.55 bits per heavy atom. The molecule has 0 radical (unpaired) electrons. The highest BCUT2D eigenvalue weighted by molar-refractivity contribution is 6.36. The zero-order valence-corrected chi connectivity index (χ0v) is 12.7. The summed E-state index contributed by atoms with van der Waals surface area (Å²) in [5, 5.41) is 1.13. The quantitative estimate of drug-likeness (QED) is 0.587. The van der Waals surface area contributed by atoms with Gasteiger partial charge in [-0.1, -0.05) is 43.1 Å². The van der Waals surface area contributed by atoms with E-state index >= 15 is 0 Å². The Morgan fingerprint density at radius 2 is 1.85 bits per heavy atom. The van der Waals surface area contributed by atoms with Crippen LogP contribution >= 0.6 is 23.2 Å². The molecule has 4 heteroatoms. The smallest absolute Gasteiger partial charge is 0.228 e. The molecular weight excluding hydrogens is 293 g/mol. The largest absolute Gasteiger partial charge is 0.436 e. The fourth-order valence-electron chi connectivity index (χ4n) is 2.08. The molecule has 102 valence electrons. The average molecular weight is 306 g/mol. The topological polar surface area (TPSA) is 26.0 Å². The molecule has 3 rings (SSSR count). The van der Waals surface area contributed by atoms with Crippen molar-refractivity contribution in [2.45, 2.75) is 19.8 Å². The van der Waals surface area contributed by atoms with Crippen LogP contribution < -0.4 is 0 Å². The summed E-state index contributed by atoms with van der Waals surface area (Å²) < 4.78 is 5.77. The van der Waals surface area contributed by atoms with E-state index in [9.17, 15) is 0 Å². The first kappa shape index (κ1) is 13.5. The lowest BCUT2D eigenvalue weighted by Crippen LogP contribution is -1.85. The molecule has 1 heterocycles. The molecule has 0 saturated heterocycles. The Hall–Kier alpha value is -1.51. The van der Waals surface area contributed by atoms with E-state index in [4.69, 9.17) is 27.6 Å². The number of fused-ring (bicyclic) bond motifs is 1. The summed E-state index contributed by atoms with van der Waals surface area (Å²) in [7, 11) is 0. The van der Waals surface area contributed by atoms with Crippen LogP contribution in [0.15, 0.2) is 40.8 Å². The van der Waals surface area contributed by atoms with Gasteiger partial charge in [-0.25, -0.2) is 4.98 Å². The Labute approximate surface area is 127 Å². The summed E-state index contributed by atoms with van der Waals surface area (Å²) in [6, 6.07) is 11.3. The van der Waals surface area contributed by atoms with E-state index in [1.165, 1.54) is 5.56 Å². The summed E-state index contributed by atoms with van der Waals surface area (Å²) in [4.78, 5) is 4.52. The first-order chi connectivity index (χ1) is 9.54. The summed E-state index contributed by atoms with van der Waals surface area (Å²) in [6.45, 7) is 4.30. The predicted molar refractivity (Wildman–Crippen MR) is 83.6 cm³/mol. The zero-order chi connectivity index (χ0) is 14.3.